The Labute approximate surface area is 147 Å². The van der Waals surface area contributed by atoms with Crippen molar-refractivity contribution in [1.82, 2.24) is 0 Å². The van der Waals surface area contributed by atoms with Gasteiger partial charge in [-0.05, 0) is 46.1 Å². The van der Waals surface area contributed by atoms with Gasteiger partial charge in [-0.25, -0.2) is 0 Å². The average Bonchev–Trinajstić information content (AvgIpc) is 2.85. The van der Waals surface area contributed by atoms with Gasteiger partial charge in [-0.1, -0.05) is 29.8 Å². The number of carbonyl (C=O) groups excluding carboxylic acids is 2. The maximum absolute atomic E-state index is 13.0. The summed E-state index contributed by atoms with van der Waals surface area (Å²) in [5.74, 6) is -1.72. The van der Waals surface area contributed by atoms with E-state index in [-0.39, 0.29) is 18.6 Å². The van der Waals surface area contributed by atoms with Crippen LogP contribution < -0.4 is 0 Å². The number of ether oxygens (including phenoxy) is 1. The fraction of sp³-hybridized carbons (Fsp3) is 0.579. The van der Waals surface area contributed by atoms with E-state index >= 15 is 0 Å². The monoisotopic (exact) mass is 347 g/mol. The first-order chi connectivity index (χ1) is 11.6. The number of nitro groups is 1. The Balaban J connectivity index is 2.56. The van der Waals surface area contributed by atoms with Crippen LogP contribution in [0.25, 0.3) is 0 Å². The summed E-state index contributed by atoms with van der Waals surface area (Å²) in [5.41, 5.74) is -0.680. The maximum atomic E-state index is 13.0. The third kappa shape index (κ3) is 4.06. The summed E-state index contributed by atoms with van der Waals surface area (Å²) in [6, 6.07) is 7.23. The van der Waals surface area contributed by atoms with Crippen molar-refractivity contribution >= 4 is 11.8 Å². The Morgan fingerprint density at radius 2 is 2.08 bits per heavy atom. The lowest BCUT2D eigenvalue weighted by Gasteiger charge is -2.34. The molecule has 136 valence electrons. The fourth-order valence-electron chi connectivity index (χ4n) is 3.57. The van der Waals surface area contributed by atoms with Crippen LogP contribution in [0.2, 0.25) is 0 Å². The molecule has 0 bridgehead atoms. The molecule has 1 aliphatic rings. The van der Waals surface area contributed by atoms with Crippen molar-refractivity contribution in [1.29, 1.82) is 0 Å². The smallest absolute Gasteiger partial charge is 0.321 e. The lowest BCUT2D eigenvalue weighted by molar-refractivity contribution is -0.485. The first kappa shape index (κ1) is 19.1. The number of hydrogen-bond acceptors (Lipinski definition) is 5. The van der Waals surface area contributed by atoms with E-state index in [0.717, 1.165) is 5.56 Å². The third-order valence-electron chi connectivity index (χ3n) is 4.61. The van der Waals surface area contributed by atoms with Crippen LogP contribution in [-0.4, -0.2) is 28.8 Å². The lowest BCUT2D eigenvalue weighted by Crippen LogP contribution is -2.47. The second-order valence-electron chi connectivity index (χ2n) is 7.73. The molecule has 0 spiro atoms. The van der Waals surface area contributed by atoms with Gasteiger partial charge in [-0.2, -0.15) is 0 Å². The summed E-state index contributed by atoms with van der Waals surface area (Å²) < 4.78 is 5.53. The van der Waals surface area contributed by atoms with E-state index < -0.39 is 34.4 Å². The van der Waals surface area contributed by atoms with Gasteiger partial charge in [-0.15, -0.1) is 0 Å². The van der Waals surface area contributed by atoms with Gasteiger partial charge in [0, 0.05) is 11.3 Å². The van der Waals surface area contributed by atoms with Gasteiger partial charge in [-0.3, -0.25) is 19.7 Å². The van der Waals surface area contributed by atoms with Crippen LogP contribution in [0.15, 0.2) is 24.3 Å². The molecule has 0 aliphatic heterocycles. The normalized spacial score (nSPS) is 21.8. The molecule has 2 atom stereocenters. The van der Waals surface area contributed by atoms with Crippen LogP contribution >= 0.6 is 0 Å². The van der Waals surface area contributed by atoms with Gasteiger partial charge in [0.1, 0.15) is 11.0 Å². The second kappa shape index (κ2) is 6.94. The van der Waals surface area contributed by atoms with Crippen LogP contribution in [0.3, 0.4) is 0 Å². The van der Waals surface area contributed by atoms with Crippen LogP contribution in [0, 0.1) is 22.5 Å². The van der Waals surface area contributed by atoms with Gasteiger partial charge < -0.3 is 4.74 Å². The van der Waals surface area contributed by atoms with Crippen molar-refractivity contribution in [2.75, 3.05) is 6.54 Å². The zero-order valence-electron chi connectivity index (χ0n) is 15.2. The highest BCUT2D eigenvalue weighted by Crippen LogP contribution is 2.48. The molecule has 0 aromatic heterocycles. The SMILES string of the molecule is Cc1cccc([C@H](C[N+](=O)[O-])[C@]2(C(=O)OC(C)(C)C)CCCC2=O)c1. The van der Waals surface area contributed by atoms with Crippen molar-refractivity contribution in [2.45, 2.75) is 58.5 Å². The Kier molecular flexibility index (Phi) is 5.30. The molecule has 0 N–H and O–H groups in total. The van der Waals surface area contributed by atoms with Crippen LogP contribution in [0.5, 0.6) is 0 Å². The van der Waals surface area contributed by atoms with Gasteiger partial charge >= 0.3 is 5.97 Å². The van der Waals surface area contributed by atoms with E-state index in [9.17, 15) is 19.7 Å². The van der Waals surface area contributed by atoms with Crippen molar-refractivity contribution in [3.05, 3.63) is 45.5 Å². The Morgan fingerprint density at radius 1 is 1.40 bits per heavy atom. The molecule has 1 fully saturated rings. The molecule has 25 heavy (non-hydrogen) atoms. The quantitative estimate of drug-likeness (QED) is 0.352. The molecular formula is C19H25NO5. The minimum atomic E-state index is -1.48. The molecule has 1 aliphatic carbocycles. The van der Waals surface area contributed by atoms with Crippen LogP contribution in [0.4, 0.5) is 0 Å². The maximum Gasteiger partial charge on any atom is 0.321 e. The molecule has 6 nitrogen and oxygen atoms in total. The Bertz CT molecular complexity index is 691. The third-order valence-corrected chi connectivity index (χ3v) is 4.61. The minimum absolute atomic E-state index is 0.249. The predicted octanol–water partition coefficient (Wildman–Crippen LogP) is 3.44. The fourth-order valence-corrected chi connectivity index (χ4v) is 3.57. The zero-order valence-corrected chi connectivity index (χ0v) is 15.2. The number of aryl methyl sites for hydroxylation is 1. The number of carbonyl (C=O) groups is 2. The molecule has 2 rings (SSSR count). The van der Waals surface area contributed by atoms with E-state index in [1.807, 2.05) is 19.1 Å². The molecule has 1 saturated carbocycles. The topological polar surface area (TPSA) is 86.5 Å². The Morgan fingerprint density at radius 3 is 2.56 bits per heavy atom. The van der Waals surface area contributed by atoms with Gasteiger partial charge in [0.15, 0.2) is 5.78 Å². The summed E-state index contributed by atoms with van der Waals surface area (Å²) in [6.45, 7) is 6.59. The van der Waals surface area contributed by atoms with Crippen LogP contribution in [-0.2, 0) is 14.3 Å². The van der Waals surface area contributed by atoms with Gasteiger partial charge in [0.2, 0.25) is 6.54 Å². The molecule has 0 saturated heterocycles. The minimum Gasteiger partial charge on any atom is -0.459 e. The first-order valence-corrected chi connectivity index (χ1v) is 8.51. The summed E-state index contributed by atoms with van der Waals surface area (Å²) in [6.07, 6.45) is 1.07. The summed E-state index contributed by atoms with van der Waals surface area (Å²) in [5, 5.41) is 11.3. The van der Waals surface area contributed by atoms with Gasteiger partial charge in [0.05, 0.1) is 5.92 Å². The highest BCUT2D eigenvalue weighted by atomic mass is 16.6. The molecule has 6 heteroatoms. The number of benzene rings is 1. The van der Waals surface area contributed by atoms with Crippen molar-refractivity contribution < 1.29 is 19.2 Å². The Hall–Kier alpha value is -2.24. The standard InChI is InChI=1S/C19H25NO5/c1-13-7-5-8-14(11-13)15(12-20(23)24)19(10-6-9-16(19)21)17(22)25-18(2,3)4/h5,7-8,11,15H,6,9-10,12H2,1-4H3/t15-,19+/m0/s1. The molecule has 1 aromatic rings. The number of ketones is 1. The molecular weight excluding hydrogens is 322 g/mol. The van der Waals surface area contributed by atoms with Crippen LogP contribution in [0.1, 0.15) is 57.1 Å². The van der Waals surface area contributed by atoms with Crippen molar-refractivity contribution in [2.24, 2.45) is 5.41 Å². The predicted molar refractivity (Wildman–Crippen MR) is 92.9 cm³/mol. The molecule has 0 unspecified atom stereocenters. The molecule has 0 heterocycles. The largest absolute Gasteiger partial charge is 0.459 e. The lowest BCUT2D eigenvalue weighted by atomic mass is 9.69. The van der Waals surface area contributed by atoms with E-state index in [0.29, 0.717) is 12.0 Å². The van der Waals surface area contributed by atoms with Gasteiger partial charge in [0.25, 0.3) is 0 Å². The number of hydrogen-bond donors (Lipinski definition) is 0. The summed E-state index contributed by atoms with van der Waals surface area (Å²) in [7, 11) is 0. The van der Waals surface area contributed by atoms with Crippen molar-refractivity contribution in [3.8, 4) is 0 Å². The molecule has 1 aromatic carbocycles. The van der Waals surface area contributed by atoms with E-state index in [4.69, 9.17) is 4.74 Å². The summed E-state index contributed by atoms with van der Waals surface area (Å²) >= 11 is 0. The van der Waals surface area contributed by atoms with Crippen molar-refractivity contribution in [3.63, 3.8) is 0 Å². The summed E-state index contributed by atoms with van der Waals surface area (Å²) in [4.78, 5) is 36.7. The number of esters is 1. The number of nitrogens with zero attached hydrogens (tertiary/aromatic N) is 1. The zero-order chi connectivity index (χ0) is 18.8. The highest BCUT2D eigenvalue weighted by molar-refractivity contribution is 6.06. The second-order valence-corrected chi connectivity index (χ2v) is 7.73. The first-order valence-electron chi connectivity index (χ1n) is 8.51. The van der Waals surface area contributed by atoms with E-state index in [1.54, 1.807) is 32.9 Å². The van der Waals surface area contributed by atoms with E-state index in [2.05, 4.69) is 0 Å². The highest BCUT2D eigenvalue weighted by Gasteiger charge is 2.58. The molecule has 0 amide bonds. The van der Waals surface area contributed by atoms with E-state index in [1.165, 1.54) is 0 Å². The molecule has 0 radical (unpaired) electrons. The number of rotatable bonds is 5. The number of Topliss-reactive ketones (excluding diaryl/α,β-unsaturated/α-hetero) is 1. The average molecular weight is 347 g/mol.